The summed E-state index contributed by atoms with van der Waals surface area (Å²) >= 11 is 0. The van der Waals surface area contributed by atoms with Gasteiger partial charge in [0.05, 0.1) is 11.4 Å². The fourth-order valence-electron chi connectivity index (χ4n) is 1.17. The number of hydrogen-bond acceptors (Lipinski definition) is 4. The number of carbonyl (C=O) groups excluding carboxylic acids is 2. The van der Waals surface area contributed by atoms with E-state index in [1.165, 1.54) is 6.92 Å². The summed E-state index contributed by atoms with van der Waals surface area (Å²) in [6.07, 6.45) is 0.650. The van der Waals surface area contributed by atoms with Gasteiger partial charge in [0.1, 0.15) is 6.04 Å². The highest BCUT2D eigenvalue weighted by molar-refractivity contribution is 5.99. The van der Waals surface area contributed by atoms with E-state index in [2.05, 4.69) is 15.5 Å². The molecular weight excluding hydrogens is 210 g/mol. The molecule has 1 rings (SSSR count). The maximum Gasteiger partial charge on any atom is 0.274 e. The van der Waals surface area contributed by atoms with Crippen LogP contribution in [0.15, 0.2) is 0 Å². The van der Waals surface area contributed by atoms with Crippen molar-refractivity contribution in [3.05, 3.63) is 11.4 Å². The molecule has 1 aromatic rings. The lowest BCUT2D eigenvalue weighted by molar-refractivity contribution is -0.119. The summed E-state index contributed by atoms with van der Waals surface area (Å²) in [5, 5.41) is 8.84. The van der Waals surface area contributed by atoms with Gasteiger partial charge in [-0.25, -0.2) is 0 Å². The van der Waals surface area contributed by atoms with E-state index in [4.69, 9.17) is 11.5 Å². The summed E-state index contributed by atoms with van der Waals surface area (Å²) < 4.78 is 0. The number of nitrogens with two attached hydrogens (primary N) is 2. The van der Waals surface area contributed by atoms with Crippen molar-refractivity contribution in [2.24, 2.45) is 5.73 Å². The molecule has 7 heteroatoms. The second kappa shape index (κ2) is 4.65. The van der Waals surface area contributed by atoms with Gasteiger partial charge in [-0.2, -0.15) is 5.10 Å². The van der Waals surface area contributed by atoms with Crippen molar-refractivity contribution in [3.63, 3.8) is 0 Å². The fraction of sp³-hybridized carbons (Fsp3) is 0.444. The molecule has 2 amide bonds. The van der Waals surface area contributed by atoms with Gasteiger partial charge in [0, 0.05) is 0 Å². The first-order valence-electron chi connectivity index (χ1n) is 4.90. The van der Waals surface area contributed by atoms with Crippen LogP contribution in [0.1, 0.15) is 30.0 Å². The minimum absolute atomic E-state index is 0.0879. The van der Waals surface area contributed by atoms with Crippen molar-refractivity contribution in [1.29, 1.82) is 0 Å². The van der Waals surface area contributed by atoms with Crippen LogP contribution in [0.25, 0.3) is 0 Å². The number of rotatable bonds is 4. The second-order valence-electron chi connectivity index (χ2n) is 3.42. The predicted octanol–water partition coefficient (Wildman–Crippen LogP) is -0.842. The molecule has 6 N–H and O–H groups in total. The van der Waals surface area contributed by atoms with Gasteiger partial charge >= 0.3 is 0 Å². The van der Waals surface area contributed by atoms with Gasteiger partial charge in [-0.15, -0.1) is 0 Å². The van der Waals surface area contributed by atoms with Gasteiger partial charge in [0.2, 0.25) is 5.91 Å². The number of nitrogens with zero attached hydrogens (tertiary/aromatic N) is 1. The van der Waals surface area contributed by atoms with Crippen LogP contribution < -0.4 is 16.8 Å². The lowest BCUT2D eigenvalue weighted by Crippen LogP contribution is -2.42. The Kier molecular flexibility index (Phi) is 3.49. The van der Waals surface area contributed by atoms with Crippen LogP contribution in [-0.4, -0.2) is 28.1 Å². The first kappa shape index (κ1) is 12.0. The molecule has 0 bridgehead atoms. The number of carbonyl (C=O) groups is 2. The van der Waals surface area contributed by atoms with Crippen LogP contribution in [0, 0.1) is 0 Å². The summed E-state index contributed by atoms with van der Waals surface area (Å²) in [7, 11) is 0. The maximum absolute atomic E-state index is 11.6. The molecule has 1 heterocycles. The van der Waals surface area contributed by atoms with E-state index in [1.807, 2.05) is 6.92 Å². The number of hydrogen-bond donors (Lipinski definition) is 4. The number of primary amides is 1. The highest BCUT2D eigenvalue weighted by atomic mass is 16.2. The monoisotopic (exact) mass is 225 g/mol. The van der Waals surface area contributed by atoms with E-state index in [0.29, 0.717) is 17.8 Å². The summed E-state index contributed by atoms with van der Waals surface area (Å²) in [6, 6.07) is -0.756. The molecule has 16 heavy (non-hydrogen) atoms. The van der Waals surface area contributed by atoms with Crippen LogP contribution in [0.2, 0.25) is 0 Å². The van der Waals surface area contributed by atoms with E-state index in [0.717, 1.165) is 0 Å². The standard InChI is InChI=1S/C9H15N5O2/c1-3-5-6(10)7(14-13-5)9(16)12-4(2)8(11)15/h4H,3,10H2,1-2H3,(H2,11,15)(H,12,16)(H,13,14). The van der Waals surface area contributed by atoms with Gasteiger partial charge in [-0.05, 0) is 13.3 Å². The summed E-state index contributed by atoms with van der Waals surface area (Å²) in [4.78, 5) is 22.4. The van der Waals surface area contributed by atoms with Crippen LogP contribution in [0.3, 0.4) is 0 Å². The van der Waals surface area contributed by atoms with Gasteiger partial charge in [-0.3, -0.25) is 14.7 Å². The van der Waals surface area contributed by atoms with E-state index in [9.17, 15) is 9.59 Å². The molecular formula is C9H15N5O2. The largest absolute Gasteiger partial charge is 0.395 e. The van der Waals surface area contributed by atoms with Crippen molar-refractivity contribution < 1.29 is 9.59 Å². The minimum atomic E-state index is -0.756. The normalized spacial score (nSPS) is 12.1. The fourth-order valence-corrected chi connectivity index (χ4v) is 1.17. The van der Waals surface area contributed by atoms with Crippen LogP contribution >= 0.6 is 0 Å². The third-order valence-corrected chi connectivity index (χ3v) is 2.23. The van der Waals surface area contributed by atoms with Gasteiger partial charge < -0.3 is 16.8 Å². The summed E-state index contributed by atoms with van der Waals surface area (Å²) in [5.74, 6) is -1.13. The lowest BCUT2D eigenvalue weighted by Gasteiger charge is -2.08. The molecule has 0 saturated carbocycles. The molecule has 0 aliphatic rings. The van der Waals surface area contributed by atoms with Gasteiger partial charge in [0.25, 0.3) is 5.91 Å². The zero-order chi connectivity index (χ0) is 12.3. The smallest absolute Gasteiger partial charge is 0.274 e. The number of H-pyrrole nitrogens is 1. The quantitative estimate of drug-likeness (QED) is 0.532. The number of nitrogen functional groups attached to an aromatic ring is 1. The SMILES string of the molecule is CCc1[nH]nc(C(=O)NC(C)C(N)=O)c1N. The Morgan fingerprint density at radius 2 is 2.19 bits per heavy atom. The highest BCUT2D eigenvalue weighted by Crippen LogP contribution is 2.14. The molecule has 7 nitrogen and oxygen atoms in total. The second-order valence-corrected chi connectivity index (χ2v) is 3.42. The molecule has 0 spiro atoms. The predicted molar refractivity (Wildman–Crippen MR) is 58.5 cm³/mol. The molecule has 0 aliphatic carbocycles. The lowest BCUT2D eigenvalue weighted by atomic mass is 10.2. The molecule has 1 atom stereocenters. The Balaban J connectivity index is 2.81. The number of aryl methyl sites for hydroxylation is 1. The molecule has 0 aromatic carbocycles. The van der Waals surface area contributed by atoms with Gasteiger partial charge in [-0.1, -0.05) is 6.92 Å². The molecule has 0 radical (unpaired) electrons. The topological polar surface area (TPSA) is 127 Å². The van der Waals surface area contributed by atoms with Crippen molar-refractivity contribution in [1.82, 2.24) is 15.5 Å². The van der Waals surface area contributed by atoms with Crippen LogP contribution in [0.4, 0.5) is 5.69 Å². The molecule has 0 saturated heterocycles. The van der Waals surface area contributed by atoms with Gasteiger partial charge in [0.15, 0.2) is 5.69 Å². The summed E-state index contributed by atoms with van der Waals surface area (Å²) in [5.41, 5.74) is 11.8. The maximum atomic E-state index is 11.6. The number of amides is 2. The number of nitrogens with one attached hydrogen (secondary N) is 2. The number of aromatic nitrogens is 2. The van der Waals surface area contributed by atoms with Crippen molar-refractivity contribution in [2.45, 2.75) is 26.3 Å². The Morgan fingerprint density at radius 3 is 2.62 bits per heavy atom. The summed E-state index contributed by atoms with van der Waals surface area (Å²) in [6.45, 7) is 3.38. The third kappa shape index (κ3) is 2.30. The minimum Gasteiger partial charge on any atom is -0.395 e. The van der Waals surface area contributed by atoms with Crippen molar-refractivity contribution >= 4 is 17.5 Å². The van der Waals surface area contributed by atoms with Crippen LogP contribution in [-0.2, 0) is 11.2 Å². The zero-order valence-electron chi connectivity index (χ0n) is 9.20. The van der Waals surface area contributed by atoms with Crippen molar-refractivity contribution in [2.75, 3.05) is 5.73 Å². The zero-order valence-corrected chi connectivity index (χ0v) is 9.20. The van der Waals surface area contributed by atoms with E-state index < -0.39 is 17.9 Å². The Bertz CT molecular complexity index is 412. The Labute approximate surface area is 92.6 Å². The number of aromatic amines is 1. The van der Waals surface area contributed by atoms with E-state index in [1.54, 1.807) is 0 Å². The highest BCUT2D eigenvalue weighted by Gasteiger charge is 2.19. The average Bonchev–Trinajstić information content (AvgIpc) is 2.59. The van der Waals surface area contributed by atoms with E-state index in [-0.39, 0.29) is 5.69 Å². The van der Waals surface area contributed by atoms with Crippen LogP contribution in [0.5, 0.6) is 0 Å². The third-order valence-electron chi connectivity index (χ3n) is 2.23. The molecule has 0 aliphatic heterocycles. The molecule has 88 valence electrons. The first-order chi connectivity index (χ1) is 7.47. The van der Waals surface area contributed by atoms with Crippen molar-refractivity contribution in [3.8, 4) is 0 Å². The number of anilines is 1. The molecule has 0 fully saturated rings. The Morgan fingerprint density at radius 1 is 1.56 bits per heavy atom. The average molecular weight is 225 g/mol. The first-order valence-corrected chi connectivity index (χ1v) is 4.90. The van der Waals surface area contributed by atoms with E-state index >= 15 is 0 Å². The molecule has 1 aromatic heterocycles. The molecule has 1 unspecified atom stereocenters. The Hall–Kier alpha value is -2.05.